The van der Waals surface area contributed by atoms with Gasteiger partial charge in [-0.1, -0.05) is 35.0 Å². The molecule has 0 aliphatic heterocycles. The second-order valence-corrected chi connectivity index (χ2v) is 6.33. The summed E-state index contributed by atoms with van der Waals surface area (Å²) in [6, 6.07) is 15.3. The number of rotatable bonds is 5. The number of hydrogen-bond donors (Lipinski definition) is 2. The number of aromatic amines is 1. The molecule has 1 amide bonds. The van der Waals surface area contributed by atoms with Crippen LogP contribution < -0.4 is 5.32 Å². The molecule has 7 heteroatoms. The standard InChI is InChI=1S/C19H16ClN5O/c20-14-6-7-17-16(10-14)13(11-22-17)8-9-21-19(26)18-12-25(24-23-18)15-4-2-1-3-5-15/h1-7,10-12,22H,8-9H2,(H,21,26). The second kappa shape index (κ2) is 7.01. The molecule has 0 spiro atoms. The van der Waals surface area contributed by atoms with Gasteiger partial charge in [-0.3, -0.25) is 4.79 Å². The number of carbonyl (C=O) groups is 1. The fraction of sp³-hybridized carbons (Fsp3) is 0.105. The van der Waals surface area contributed by atoms with Gasteiger partial charge in [0.1, 0.15) is 0 Å². The summed E-state index contributed by atoms with van der Waals surface area (Å²) in [4.78, 5) is 15.5. The number of H-pyrrole nitrogens is 1. The van der Waals surface area contributed by atoms with E-state index in [1.165, 1.54) is 0 Å². The second-order valence-electron chi connectivity index (χ2n) is 5.89. The van der Waals surface area contributed by atoms with Crippen LogP contribution in [0, 0.1) is 0 Å². The Labute approximate surface area is 154 Å². The van der Waals surface area contributed by atoms with Crippen LogP contribution >= 0.6 is 11.6 Å². The monoisotopic (exact) mass is 365 g/mol. The number of aromatic nitrogens is 4. The van der Waals surface area contributed by atoms with E-state index in [-0.39, 0.29) is 11.6 Å². The van der Waals surface area contributed by atoms with E-state index in [0.29, 0.717) is 18.0 Å². The number of halogens is 1. The molecular formula is C19H16ClN5O. The fourth-order valence-electron chi connectivity index (χ4n) is 2.83. The van der Waals surface area contributed by atoms with Crippen molar-refractivity contribution in [2.24, 2.45) is 0 Å². The van der Waals surface area contributed by atoms with Crippen LogP contribution in [0.3, 0.4) is 0 Å². The van der Waals surface area contributed by atoms with E-state index < -0.39 is 0 Å². The van der Waals surface area contributed by atoms with Crippen molar-refractivity contribution in [3.05, 3.63) is 77.2 Å². The number of fused-ring (bicyclic) bond motifs is 1. The summed E-state index contributed by atoms with van der Waals surface area (Å²) in [6.07, 6.45) is 4.26. The minimum absolute atomic E-state index is 0.245. The number of amides is 1. The normalized spacial score (nSPS) is 11.0. The quantitative estimate of drug-likeness (QED) is 0.569. The highest BCUT2D eigenvalue weighted by Gasteiger charge is 2.11. The smallest absolute Gasteiger partial charge is 0.273 e. The van der Waals surface area contributed by atoms with Crippen LogP contribution in [0.25, 0.3) is 16.6 Å². The zero-order valence-electron chi connectivity index (χ0n) is 13.8. The first kappa shape index (κ1) is 16.4. The molecule has 0 fully saturated rings. The van der Waals surface area contributed by atoms with Gasteiger partial charge in [0.05, 0.1) is 11.9 Å². The molecule has 2 aromatic carbocycles. The molecule has 0 aliphatic carbocycles. The van der Waals surface area contributed by atoms with Crippen LogP contribution in [-0.2, 0) is 6.42 Å². The molecule has 0 atom stereocenters. The number of carbonyl (C=O) groups excluding carboxylic acids is 1. The third-order valence-corrected chi connectivity index (χ3v) is 4.39. The summed E-state index contributed by atoms with van der Waals surface area (Å²) in [5.74, 6) is -0.245. The van der Waals surface area contributed by atoms with Crippen LogP contribution in [0.1, 0.15) is 16.1 Å². The van der Waals surface area contributed by atoms with Crippen LogP contribution in [-0.4, -0.2) is 32.4 Å². The number of hydrogen-bond acceptors (Lipinski definition) is 3. The lowest BCUT2D eigenvalue weighted by Gasteiger charge is -2.02. The van der Waals surface area contributed by atoms with Gasteiger partial charge in [-0.25, -0.2) is 4.68 Å². The Kier molecular flexibility index (Phi) is 4.41. The minimum Gasteiger partial charge on any atom is -0.361 e. The third-order valence-electron chi connectivity index (χ3n) is 4.16. The zero-order chi connectivity index (χ0) is 17.9. The Morgan fingerprint density at radius 1 is 1.19 bits per heavy atom. The van der Waals surface area contributed by atoms with E-state index >= 15 is 0 Å². The maximum Gasteiger partial charge on any atom is 0.273 e. The Bertz CT molecular complexity index is 1050. The van der Waals surface area contributed by atoms with Crippen molar-refractivity contribution >= 4 is 28.4 Å². The molecule has 0 saturated heterocycles. The van der Waals surface area contributed by atoms with Crippen molar-refractivity contribution in [1.82, 2.24) is 25.3 Å². The molecule has 0 radical (unpaired) electrons. The molecule has 4 aromatic rings. The fourth-order valence-corrected chi connectivity index (χ4v) is 3.01. The van der Waals surface area contributed by atoms with Crippen LogP contribution in [0.2, 0.25) is 5.02 Å². The van der Waals surface area contributed by atoms with Gasteiger partial charge >= 0.3 is 0 Å². The molecule has 2 N–H and O–H groups in total. The van der Waals surface area contributed by atoms with E-state index in [2.05, 4.69) is 20.6 Å². The van der Waals surface area contributed by atoms with Crippen molar-refractivity contribution < 1.29 is 4.79 Å². The third kappa shape index (κ3) is 3.32. The van der Waals surface area contributed by atoms with Gasteiger partial charge in [0.25, 0.3) is 5.91 Å². The van der Waals surface area contributed by atoms with Gasteiger partial charge < -0.3 is 10.3 Å². The van der Waals surface area contributed by atoms with Gasteiger partial charge in [-0.05, 0) is 42.3 Å². The summed E-state index contributed by atoms with van der Waals surface area (Å²) in [5.41, 5.74) is 3.28. The van der Waals surface area contributed by atoms with Crippen LogP contribution in [0.5, 0.6) is 0 Å². The van der Waals surface area contributed by atoms with Gasteiger partial charge in [-0.15, -0.1) is 5.10 Å². The highest BCUT2D eigenvalue weighted by molar-refractivity contribution is 6.31. The first-order chi connectivity index (χ1) is 12.7. The maximum atomic E-state index is 12.3. The molecular weight excluding hydrogens is 350 g/mol. The first-order valence-electron chi connectivity index (χ1n) is 8.22. The summed E-state index contributed by atoms with van der Waals surface area (Å²) < 4.78 is 1.58. The summed E-state index contributed by atoms with van der Waals surface area (Å²) in [7, 11) is 0. The van der Waals surface area contributed by atoms with E-state index in [9.17, 15) is 4.79 Å². The van der Waals surface area contributed by atoms with E-state index in [1.807, 2.05) is 54.7 Å². The maximum absolute atomic E-state index is 12.3. The predicted molar refractivity (Wildman–Crippen MR) is 101 cm³/mol. The molecule has 2 heterocycles. The van der Waals surface area contributed by atoms with Crippen molar-refractivity contribution in [1.29, 1.82) is 0 Å². The van der Waals surface area contributed by atoms with E-state index in [1.54, 1.807) is 10.9 Å². The van der Waals surface area contributed by atoms with Crippen molar-refractivity contribution in [2.45, 2.75) is 6.42 Å². The Balaban J connectivity index is 1.40. The molecule has 26 heavy (non-hydrogen) atoms. The molecule has 2 aromatic heterocycles. The summed E-state index contributed by atoms with van der Waals surface area (Å²) >= 11 is 6.06. The highest BCUT2D eigenvalue weighted by atomic mass is 35.5. The molecule has 130 valence electrons. The predicted octanol–water partition coefficient (Wildman–Crippen LogP) is 3.37. The van der Waals surface area contributed by atoms with Crippen LogP contribution in [0.15, 0.2) is 60.9 Å². The number of nitrogens with one attached hydrogen (secondary N) is 2. The van der Waals surface area contributed by atoms with Gasteiger partial charge in [0.15, 0.2) is 5.69 Å². The molecule has 0 saturated carbocycles. The summed E-state index contributed by atoms with van der Waals surface area (Å²) in [5, 5.41) is 12.6. The lowest BCUT2D eigenvalue weighted by molar-refractivity contribution is 0.0949. The van der Waals surface area contributed by atoms with Crippen molar-refractivity contribution in [2.75, 3.05) is 6.54 Å². The zero-order valence-corrected chi connectivity index (χ0v) is 14.6. The lowest BCUT2D eigenvalue weighted by atomic mass is 10.1. The number of nitrogens with zero attached hydrogens (tertiary/aromatic N) is 3. The van der Waals surface area contributed by atoms with Crippen LogP contribution in [0.4, 0.5) is 0 Å². The average molecular weight is 366 g/mol. The Morgan fingerprint density at radius 3 is 2.88 bits per heavy atom. The number of para-hydroxylation sites is 1. The SMILES string of the molecule is O=C(NCCc1c[nH]c2ccc(Cl)cc12)c1cn(-c2ccccc2)nn1. The Hall–Kier alpha value is -3.12. The topological polar surface area (TPSA) is 75.6 Å². The van der Waals surface area contributed by atoms with Gasteiger partial charge in [0.2, 0.25) is 0 Å². The van der Waals surface area contributed by atoms with E-state index in [4.69, 9.17) is 11.6 Å². The molecule has 6 nitrogen and oxygen atoms in total. The molecule has 0 unspecified atom stereocenters. The number of benzene rings is 2. The largest absolute Gasteiger partial charge is 0.361 e. The molecule has 4 rings (SSSR count). The van der Waals surface area contributed by atoms with E-state index in [0.717, 1.165) is 22.2 Å². The first-order valence-corrected chi connectivity index (χ1v) is 8.60. The Morgan fingerprint density at radius 2 is 2.04 bits per heavy atom. The highest BCUT2D eigenvalue weighted by Crippen LogP contribution is 2.22. The average Bonchev–Trinajstić information content (AvgIpc) is 3.30. The molecule has 0 aliphatic rings. The van der Waals surface area contributed by atoms with Crippen molar-refractivity contribution in [3.63, 3.8) is 0 Å². The van der Waals surface area contributed by atoms with Gasteiger partial charge in [-0.2, -0.15) is 0 Å². The van der Waals surface area contributed by atoms with Gasteiger partial charge in [0, 0.05) is 28.7 Å². The minimum atomic E-state index is -0.245. The molecule has 0 bridgehead atoms. The van der Waals surface area contributed by atoms with Crippen molar-refractivity contribution in [3.8, 4) is 5.69 Å². The lowest BCUT2D eigenvalue weighted by Crippen LogP contribution is -2.26. The summed E-state index contributed by atoms with van der Waals surface area (Å²) in [6.45, 7) is 0.497.